The zero-order chi connectivity index (χ0) is 17.2. The Morgan fingerprint density at radius 3 is 2.83 bits per heavy atom. The average Bonchev–Trinajstić information content (AvgIpc) is 3.02. The van der Waals surface area contributed by atoms with Gasteiger partial charge in [0.25, 0.3) is 5.91 Å². The Balaban J connectivity index is 1.67. The van der Waals surface area contributed by atoms with Gasteiger partial charge in [0, 0.05) is 38.3 Å². The molecule has 0 aliphatic carbocycles. The number of carbonyl (C=O) groups is 1. The van der Waals surface area contributed by atoms with Crippen LogP contribution in [0.3, 0.4) is 0 Å². The first-order valence-electron chi connectivity index (χ1n) is 7.58. The maximum absolute atomic E-state index is 13.3. The minimum Gasteiger partial charge on any atom is -0.350 e. The van der Waals surface area contributed by atoms with Crippen molar-refractivity contribution in [2.24, 2.45) is 0 Å². The number of nitrogens with zero attached hydrogens (tertiary/aromatic N) is 2. The van der Waals surface area contributed by atoms with Gasteiger partial charge in [-0.15, -0.1) is 11.3 Å². The van der Waals surface area contributed by atoms with Crippen LogP contribution in [0.5, 0.6) is 0 Å². The van der Waals surface area contributed by atoms with Gasteiger partial charge < -0.3 is 10.6 Å². The molecule has 130 valence electrons. The number of aromatic nitrogens is 1. The van der Waals surface area contributed by atoms with E-state index in [2.05, 4.69) is 15.6 Å². The summed E-state index contributed by atoms with van der Waals surface area (Å²) in [6, 6.07) is 3.24. The van der Waals surface area contributed by atoms with E-state index in [0.29, 0.717) is 31.7 Å². The van der Waals surface area contributed by atoms with Crippen LogP contribution in [0.4, 0.5) is 13.2 Å². The summed E-state index contributed by atoms with van der Waals surface area (Å²) in [5.41, 5.74) is 2.77. The van der Waals surface area contributed by atoms with Crippen LogP contribution in [0.25, 0.3) is 10.2 Å². The monoisotopic (exact) mass is 358 g/mol. The lowest BCUT2D eigenvalue weighted by Crippen LogP contribution is -2.57. The predicted octanol–water partition coefficient (Wildman–Crippen LogP) is 1.86. The molecule has 3 rings (SSSR count). The molecule has 1 aliphatic rings. The molecule has 2 aromatic rings. The highest BCUT2D eigenvalue weighted by atomic mass is 32.1. The largest absolute Gasteiger partial charge is 0.405 e. The molecule has 1 saturated heterocycles. The fourth-order valence-electron chi connectivity index (χ4n) is 2.73. The van der Waals surface area contributed by atoms with Crippen molar-refractivity contribution in [2.75, 3.05) is 32.7 Å². The van der Waals surface area contributed by atoms with Crippen LogP contribution >= 0.6 is 11.3 Å². The Morgan fingerprint density at radius 1 is 1.38 bits per heavy atom. The number of piperazine rings is 1. The van der Waals surface area contributed by atoms with Crippen LogP contribution in [0, 0.1) is 0 Å². The molecule has 1 aromatic carbocycles. The number of thiazole rings is 1. The fraction of sp³-hybridized carbons (Fsp3) is 0.467. The molecule has 24 heavy (non-hydrogen) atoms. The number of carbonyl (C=O) groups excluding carboxylic acids is 1. The number of benzene rings is 1. The quantitative estimate of drug-likeness (QED) is 0.876. The van der Waals surface area contributed by atoms with Gasteiger partial charge in [0.1, 0.15) is 6.04 Å². The maximum Gasteiger partial charge on any atom is 0.405 e. The topological polar surface area (TPSA) is 57.3 Å². The Bertz CT molecular complexity index is 712. The van der Waals surface area contributed by atoms with Gasteiger partial charge in [0.15, 0.2) is 0 Å². The van der Waals surface area contributed by atoms with E-state index < -0.39 is 24.7 Å². The SMILES string of the molecule is O=C(NCC(N1CCNCC1)C(F)(F)F)c1ccc2ncsc2c1. The first kappa shape index (κ1) is 17.1. The number of rotatable bonds is 4. The lowest BCUT2D eigenvalue weighted by Gasteiger charge is -2.35. The zero-order valence-electron chi connectivity index (χ0n) is 12.8. The molecular weight excluding hydrogens is 341 g/mol. The Hall–Kier alpha value is -1.71. The lowest BCUT2D eigenvalue weighted by atomic mass is 10.1. The van der Waals surface area contributed by atoms with E-state index in [-0.39, 0.29) is 0 Å². The predicted molar refractivity (Wildman–Crippen MR) is 86.2 cm³/mol. The van der Waals surface area contributed by atoms with Crippen LogP contribution in [0.2, 0.25) is 0 Å². The van der Waals surface area contributed by atoms with Crippen LogP contribution in [0.1, 0.15) is 10.4 Å². The summed E-state index contributed by atoms with van der Waals surface area (Å²) in [5.74, 6) is -0.505. The second-order valence-electron chi connectivity index (χ2n) is 5.59. The summed E-state index contributed by atoms with van der Waals surface area (Å²) in [5, 5.41) is 5.45. The van der Waals surface area contributed by atoms with Crippen LogP contribution in [-0.2, 0) is 0 Å². The molecule has 0 spiro atoms. The van der Waals surface area contributed by atoms with E-state index in [1.165, 1.54) is 16.2 Å². The normalized spacial score (nSPS) is 17.8. The number of fused-ring (bicyclic) bond motifs is 1. The van der Waals surface area contributed by atoms with E-state index in [9.17, 15) is 18.0 Å². The number of hydrogen-bond acceptors (Lipinski definition) is 5. The molecule has 2 N–H and O–H groups in total. The highest BCUT2D eigenvalue weighted by Crippen LogP contribution is 2.25. The van der Waals surface area contributed by atoms with Crippen molar-refractivity contribution >= 4 is 27.5 Å². The van der Waals surface area contributed by atoms with Crippen molar-refractivity contribution in [3.63, 3.8) is 0 Å². The van der Waals surface area contributed by atoms with Crippen LogP contribution < -0.4 is 10.6 Å². The number of nitrogens with one attached hydrogen (secondary N) is 2. The van der Waals surface area contributed by atoms with Crippen LogP contribution in [0.15, 0.2) is 23.7 Å². The number of amides is 1. The average molecular weight is 358 g/mol. The number of alkyl halides is 3. The number of hydrogen-bond donors (Lipinski definition) is 2. The number of halogens is 3. The maximum atomic E-state index is 13.3. The standard InChI is InChI=1S/C15H17F3N4OS/c16-15(17,18)13(22-5-3-19-4-6-22)8-20-14(23)10-1-2-11-12(7-10)24-9-21-11/h1-2,7,9,13,19H,3-6,8H2,(H,20,23). The molecule has 2 heterocycles. The third-order valence-corrected chi connectivity index (χ3v) is 4.81. The van der Waals surface area contributed by atoms with Crippen molar-refractivity contribution in [3.05, 3.63) is 29.3 Å². The van der Waals surface area contributed by atoms with E-state index in [0.717, 1.165) is 10.2 Å². The molecule has 1 aromatic heterocycles. The minimum atomic E-state index is -4.38. The van der Waals surface area contributed by atoms with Gasteiger partial charge in [0.2, 0.25) is 0 Å². The van der Waals surface area contributed by atoms with Crippen molar-refractivity contribution in [1.29, 1.82) is 0 Å². The van der Waals surface area contributed by atoms with Gasteiger partial charge >= 0.3 is 6.18 Å². The summed E-state index contributed by atoms with van der Waals surface area (Å²) in [4.78, 5) is 17.7. The smallest absolute Gasteiger partial charge is 0.350 e. The summed E-state index contributed by atoms with van der Waals surface area (Å²) >= 11 is 1.38. The molecule has 1 amide bonds. The molecule has 9 heteroatoms. The minimum absolute atomic E-state index is 0.312. The summed E-state index contributed by atoms with van der Waals surface area (Å²) in [6.07, 6.45) is -4.38. The van der Waals surface area contributed by atoms with E-state index in [1.807, 2.05) is 0 Å². The molecule has 1 aliphatic heterocycles. The molecule has 1 fully saturated rings. The van der Waals surface area contributed by atoms with Crippen LogP contribution in [-0.4, -0.2) is 60.7 Å². The highest BCUT2D eigenvalue weighted by Gasteiger charge is 2.43. The van der Waals surface area contributed by atoms with Gasteiger partial charge in [-0.2, -0.15) is 13.2 Å². The van der Waals surface area contributed by atoms with Gasteiger partial charge in [-0.3, -0.25) is 9.69 Å². The molecule has 5 nitrogen and oxygen atoms in total. The lowest BCUT2D eigenvalue weighted by molar-refractivity contribution is -0.183. The van der Waals surface area contributed by atoms with Gasteiger partial charge in [-0.1, -0.05) is 0 Å². The third kappa shape index (κ3) is 3.85. The molecule has 0 saturated carbocycles. The van der Waals surface area contributed by atoms with Gasteiger partial charge in [-0.05, 0) is 18.2 Å². The van der Waals surface area contributed by atoms with Gasteiger partial charge in [-0.25, -0.2) is 4.98 Å². The summed E-state index contributed by atoms with van der Waals surface area (Å²) in [7, 11) is 0. The second kappa shape index (κ2) is 7.04. The zero-order valence-corrected chi connectivity index (χ0v) is 13.6. The third-order valence-electron chi connectivity index (χ3n) is 4.02. The Kier molecular flexibility index (Phi) is 5.02. The Labute approximate surface area is 140 Å². The molecular formula is C15H17F3N4OS. The van der Waals surface area contributed by atoms with Crippen molar-refractivity contribution in [1.82, 2.24) is 20.5 Å². The first-order chi connectivity index (χ1) is 11.4. The fourth-order valence-corrected chi connectivity index (χ4v) is 3.45. The Morgan fingerprint density at radius 2 is 2.12 bits per heavy atom. The summed E-state index contributed by atoms with van der Waals surface area (Å²) in [6.45, 7) is 1.20. The second-order valence-corrected chi connectivity index (χ2v) is 6.47. The first-order valence-corrected chi connectivity index (χ1v) is 8.46. The molecule has 1 atom stereocenters. The van der Waals surface area contributed by atoms with E-state index in [4.69, 9.17) is 0 Å². The highest BCUT2D eigenvalue weighted by molar-refractivity contribution is 7.16. The molecule has 0 bridgehead atoms. The van der Waals surface area contributed by atoms with E-state index >= 15 is 0 Å². The summed E-state index contributed by atoms with van der Waals surface area (Å²) < 4.78 is 40.7. The van der Waals surface area contributed by atoms with Crippen molar-refractivity contribution < 1.29 is 18.0 Å². The molecule has 1 unspecified atom stereocenters. The van der Waals surface area contributed by atoms with Crippen molar-refractivity contribution in [3.8, 4) is 0 Å². The van der Waals surface area contributed by atoms with E-state index in [1.54, 1.807) is 23.7 Å². The van der Waals surface area contributed by atoms with Gasteiger partial charge in [0.05, 0.1) is 15.7 Å². The molecule has 0 radical (unpaired) electrons. The van der Waals surface area contributed by atoms with Crippen molar-refractivity contribution in [2.45, 2.75) is 12.2 Å².